The normalized spacial score (nSPS) is 10.5. The highest BCUT2D eigenvalue weighted by atomic mass is 16.5. The van der Waals surface area contributed by atoms with Crippen molar-refractivity contribution in [1.29, 1.82) is 0 Å². The molecule has 1 aromatic heterocycles. The van der Waals surface area contributed by atoms with Crippen molar-refractivity contribution in [2.24, 2.45) is 0 Å². The molecule has 31 heavy (non-hydrogen) atoms. The Bertz CT molecular complexity index is 1010. The van der Waals surface area contributed by atoms with Gasteiger partial charge in [0.1, 0.15) is 5.75 Å². The minimum Gasteiger partial charge on any atom is -0.497 e. The molecule has 0 saturated carbocycles. The Kier molecular flexibility index (Phi) is 7.37. The lowest BCUT2D eigenvalue weighted by Gasteiger charge is -2.18. The number of aryl methyl sites for hydroxylation is 1. The highest BCUT2D eigenvalue weighted by Gasteiger charge is 2.13. The van der Waals surface area contributed by atoms with E-state index in [1.807, 2.05) is 38.1 Å². The molecule has 0 radical (unpaired) electrons. The average Bonchev–Trinajstić information content (AvgIpc) is 3.28. The van der Waals surface area contributed by atoms with Crippen LogP contribution in [0, 0.1) is 0 Å². The zero-order chi connectivity index (χ0) is 22.2. The van der Waals surface area contributed by atoms with Gasteiger partial charge in [-0.3, -0.25) is 9.59 Å². The average molecular weight is 422 g/mol. The van der Waals surface area contributed by atoms with Crippen molar-refractivity contribution in [1.82, 2.24) is 15.0 Å². The van der Waals surface area contributed by atoms with Crippen molar-refractivity contribution >= 4 is 17.5 Å². The quantitative estimate of drug-likeness (QED) is 0.563. The van der Waals surface area contributed by atoms with Crippen LogP contribution in [-0.4, -0.2) is 47.1 Å². The van der Waals surface area contributed by atoms with Gasteiger partial charge in [-0.1, -0.05) is 5.16 Å². The molecular weight excluding hydrogens is 396 g/mol. The molecule has 0 atom stereocenters. The lowest BCUT2D eigenvalue weighted by Crippen LogP contribution is -2.30. The molecule has 0 aliphatic carbocycles. The summed E-state index contributed by atoms with van der Waals surface area (Å²) >= 11 is 0. The third kappa shape index (κ3) is 5.69. The van der Waals surface area contributed by atoms with Gasteiger partial charge in [-0.2, -0.15) is 4.98 Å². The van der Waals surface area contributed by atoms with Crippen LogP contribution >= 0.6 is 0 Å². The van der Waals surface area contributed by atoms with Crippen LogP contribution in [0.3, 0.4) is 0 Å². The second kappa shape index (κ2) is 10.4. The second-order valence-corrected chi connectivity index (χ2v) is 6.84. The van der Waals surface area contributed by atoms with Gasteiger partial charge in [0.25, 0.3) is 5.91 Å². The number of nitrogens with zero attached hydrogens (tertiary/aromatic N) is 3. The van der Waals surface area contributed by atoms with Gasteiger partial charge in [0.2, 0.25) is 17.6 Å². The van der Waals surface area contributed by atoms with Gasteiger partial charge in [0, 0.05) is 42.7 Å². The van der Waals surface area contributed by atoms with Crippen molar-refractivity contribution in [3.8, 4) is 17.1 Å². The molecule has 8 heteroatoms. The Morgan fingerprint density at radius 3 is 2.32 bits per heavy atom. The van der Waals surface area contributed by atoms with Gasteiger partial charge in [0.15, 0.2) is 0 Å². The zero-order valence-electron chi connectivity index (χ0n) is 17.9. The largest absolute Gasteiger partial charge is 0.497 e. The van der Waals surface area contributed by atoms with Crippen LogP contribution in [0.5, 0.6) is 5.75 Å². The van der Waals surface area contributed by atoms with Gasteiger partial charge in [-0.05, 0) is 62.4 Å². The molecule has 3 aromatic rings. The predicted octanol–water partition coefficient (Wildman–Crippen LogP) is 3.80. The first-order valence-electron chi connectivity index (χ1n) is 10.2. The van der Waals surface area contributed by atoms with Crippen LogP contribution < -0.4 is 10.1 Å². The molecule has 0 bridgehead atoms. The summed E-state index contributed by atoms with van der Waals surface area (Å²) in [4.78, 5) is 30.7. The van der Waals surface area contributed by atoms with E-state index in [1.165, 1.54) is 0 Å². The molecule has 2 aromatic carbocycles. The Hall–Kier alpha value is -3.68. The summed E-state index contributed by atoms with van der Waals surface area (Å²) in [6.07, 6.45) is 0.526. The number of benzene rings is 2. The Morgan fingerprint density at radius 1 is 1.03 bits per heavy atom. The molecule has 1 heterocycles. The van der Waals surface area contributed by atoms with E-state index in [4.69, 9.17) is 9.26 Å². The first-order valence-corrected chi connectivity index (χ1v) is 10.2. The van der Waals surface area contributed by atoms with E-state index in [-0.39, 0.29) is 18.2 Å². The van der Waals surface area contributed by atoms with E-state index in [0.717, 1.165) is 11.3 Å². The summed E-state index contributed by atoms with van der Waals surface area (Å²) < 4.78 is 10.4. The maximum atomic E-state index is 12.3. The van der Waals surface area contributed by atoms with Crippen LogP contribution in [-0.2, 0) is 11.2 Å². The molecule has 162 valence electrons. The highest BCUT2D eigenvalue weighted by molar-refractivity contribution is 5.95. The lowest BCUT2D eigenvalue weighted by atomic mass is 10.1. The standard InChI is InChI=1S/C23H26N4O4/c1-4-27(5-2)23(29)17-6-10-18(11-7-17)24-20(28)14-15-21-25-22(26-31-21)16-8-12-19(30-3)13-9-16/h6-13H,4-5,14-15H2,1-3H3,(H,24,28). The van der Waals surface area contributed by atoms with E-state index in [1.54, 1.807) is 36.3 Å². The van der Waals surface area contributed by atoms with Gasteiger partial charge >= 0.3 is 0 Å². The van der Waals surface area contributed by atoms with Crippen molar-refractivity contribution in [3.63, 3.8) is 0 Å². The number of ether oxygens (including phenoxy) is 1. The number of carbonyl (C=O) groups excluding carboxylic acids is 2. The number of hydrogen-bond donors (Lipinski definition) is 1. The number of aromatic nitrogens is 2. The van der Waals surface area contributed by atoms with Gasteiger partial charge in [-0.25, -0.2) is 0 Å². The van der Waals surface area contributed by atoms with Crippen molar-refractivity contribution < 1.29 is 18.8 Å². The molecule has 8 nitrogen and oxygen atoms in total. The fourth-order valence-electron chi connectivity index (χ4n) is 3.05. The Balaban J connectivity index is 1.52. The molecule has 0 spiro atoms. The minimum atomic E-state index is -0.174. The molecule has 0 aliphatic heterocycles. The first kappa shape index (κ1) is 22.0. The monoisotopic (exact) mass is 422 g/mol. The fraction of sp³-hybridized carbons (Fsp3) is 0.304. The third-order valence-corrected chi connectivity index (χ3v) is 4.85. The summed E-state index contributed by atoms with van der Waals surface area (Å²) in [7, 11) is 1.60. The number of hydrogen-bond acceptors (Lipinski definition) is 6. The number of methoxy groups -OCH3 is 1. The number of anilines is 1. The van der Waals surface area contributed by atoms with E-state index < -0.39 is 0 Å². The Morgan fingerprint density at radius 2 is 1.71 bits per heavy atom. The Labute approximate surface area is 181 Å². The zero-order valence-corrected chi connectivity index (χ0v) is 17.9. The van der Waals surface area contributed by atoms with E-state index in [2.05, 4.69) is 15.5 Å². The summed E-state index contributed by atoms with van der Waals surface area (Å²) in [6.45, 7) is 5.20. The molecule has 0 fully saturated rings. The maximum Gasteiger partial charge on any atom is 0.253 e. The number of carbonyl (C=O) groups is 2. The summed E-state index contributed by atoms with van der Waals surface area (Å²) in [6, 6.07) is 14.2. The predicted molar refractivity (Wildman–Crippen MR) is 117 cm³/mol. The van der Waals surface area contributed by atoms with Crippen molar-refractivity contribution in [2.45, 2.75) is 26.7 Å². The van der Waals surface area contributed by atoms with Crippen molar-refractivity contribution in [3.05, 3.63) is 60.0 Å². The third-order valence-electron chi connectivity index (χ3n) is 4.85. The first-order chi connectivity index (χ1) is 15.0. The molecule has 2 amide bonds. The summed E-state index contributed by atoms with van der Waals surface area (Å²) in [5.74, 6) is 1.40. The van der Waals surface area contributed by atoms with Gasteiger partial charge in [0.05, 0.1) is 7.11 Å². The maximum absolute atomic E-state index is 12.3. The van der Waals surface area contributed by atoms with E-state index in [0.29, 0.717) is 42.5 Å². The summed E-state index contributed by atoms with van der Waals surface area (Å²) in [5.41, 5.74) is 2.03. The number of nitrogens with one attached hydrogen (secondary N) is 1. The molecule has 0 aliphatic rings. The lowest BCUT2D eigenvalue weighted by molar-refractivity contribution is -0.116. The topological polar surface area (TPSA) is 97.6 Å². The van der Waals surface area contributed by atoms with E-state index >= 15 is 0 Å². The van der Waals surface area contributed by atoms with Crippen molar-refractivity contribution in [2.75, 3.05) is 25.5 Å². The number of rotatable bonds is 9. The molecule has 3 rings (SSSR count). The smallest absolute Gasteiger partial charge is 0.253 e. The van der Waals surface area contributed by atoms with Crippen LogP contribution in [0.15, 0.2) is 53.1 Å². The molecule has 0 unspecified atom stereocenters. The van der Waals surface area contributed by atoms with Crippen LogP contribution in [0.1, 0.15) is 36.5 Å². The van der Waals surface area contributed by atoms with Gasteiger partial charge < -0.3 is 19.5 Å². The molecule has 0 saturated heterocycles. The van der Waals surface area contributed by atoms with Crippen LogP contribution in [0.25, 0.3) is 11.4 Å². The number of amides is 2. The minimum absolute atomic E-state index is 0.0214. The van der Waals surface area contributed by atoms with Crippen LogP contribution in [0.2, 0.25) is 0 Å². The summed E-state index contributed by atoms with van der Waals surface area (Å²) in [5, 5.41) is 6.78. The van der Waals surface area contributed by atoms with Crippen LogP contribution in [0.4, 0.5) is 5.69 Å². The SMILES string of the molecule is CCN(CC)C(=O)c1ccc(NC(=O)CCc2nc(-c3ccc(OC)cc3)no2)cc1. The van der Waals surface area contributed by atoms with E-state index in [9.17, 15) is 9.59 Å². The highest BCUT2D eigenvalue weighted by Crippen LogP contribution is 2.20. The molecule has 1 N–H and O–H groups in total. The molecular formula is C23H26N4O4. The fourth-order valence-corrected chi connectivity index (χ4v) is 3.05. The van der Waals surface area contributed by atoms with Gasteiger partial charge in [-0.15, -0.1) is 0 Å². The second-order valence-electron chi connectivity index (χ2n) is 6.84.